The lowest BCUT2D eigenvalue weighted by atomic mass is 10.2. The van der Waals surface area contributed by atoms with Gasteiger partial charge in [-0.25, -0.2) is 4.63 Å². The summed E-state index contributed by atoms with van der Waals surface area (Å²) in [5.41, 5.74) is 1.29. The first-order valence-corrected chi connectivity index (χ1v) is 8.77. The van der Waals surface area contributed by atoms with Crippen molar-refractivity contribution in [2.45, 2.75) is 0 Å². The van der Waals surface area contributed by atoms with Crippen molar-refractivity contribution >= 4 is 39.3 Å². The van der Waals surface area contributed by atoms with Crippen molar-refractivity contribution in [2.24, 2.45) is 0 Å². The van der Waals surface area contributed by atoms with Gasteiger partial charge in [0.2, 0.25) is 11.6 Å². The van der Waals surface area contributed by atoms with E-state index in [2.05, 4.69) is 41.7 Å². The Morgan fingerprint density at radius 2 is 1.74 bits per heavy atom. The SMILES string of the molecule is O=C(Nc1nonc1-c1noc(-c2ccc(Cl)cc2)n1)c1ccc(Br)cc1. The second-order valence-corrected chi connectivity index (χ2v) is 6.70. The summed E-state index contributed by atoms with van der Waals surface area (Å²) in [5.74, 6) is 0.120. The molecule has 0 spiro atoms. The molecule has 0 fully saturated rings. The molecular weight excluding hydrogens is 438 g/mol. The van der Waals surface area contributed by atoms with E-state index < -0.39 is 0 Å². The first-order chi connectivity index (χ1) is 13.1. The molecule has 2 aromatic carbocycles. The number of anilines is 1. The minimum atomic E-state index is -0.374. The molecule has 4 rings (SSSR count). The average molecular weight is 447 g/mol. The van der Waals surface area contributed by atoms with E-state index in [1.807, 2.05) is 0 Å². The number of hydrogen-bond acceptors (Lipinski definition) is 7. The summed E-state index contributed by atoms with van der Waals surface area (Å²) >= 11 is 9.19. The number of carbonyl (C=O) groups is 1. The molecule has 0 aliphatic carbocycles. The van der Waals surface area contributed by atoms with Gasteiger partial charge >= 0.3 is 0 Å². The van der Waals surface area contributed by atoms with Crippen molar-refractivity contribution in [1.82, 2.24) is 20.5 Å². The molecule has 0 saturated carbocycles. The summed E-state index contributed by atoms with van der Waals surface area (Å²) in [6.45, 7) is 0. The van der Waals surface area contributed by atoms with Crippen LogP contribution in [0.15, 0.2) is 62.2 Å². The van der Waals surface area contributed by atoms with Crippen LogP contribution in [0.4, 0.5) is 5.82 Å². The Morgan fingerprint density at radius 1 is 1.00 bits per heavy atom. The van der Waals surface area contributed by atoms with Gasteiger partial charge in [0.15, 0.2) is 5.69 Å². The monoisotopic (exact) mass is 445 g/mol. The molecule has 1 N–H and O–H groups in total. The highest BCUT2D eigenvalue weighted by Gasteiger charge is 2.21. The molecule has 0 aliphatic heterocycles. The van der Waals surface area contributed by atoms with Gasteiger partial charge in [0.1, 0.15) is 0 Å². The molecule has 134 valence electrons. The van der Waals surface area contributed by atoms with Crippen LogP contribution in [0.1, 0.15) is 10.4 Å². The van der Waals surface area contributed by atoms with Gasteiger partial charge < -0.3 is 9.84 Å². The lowest BCUT2D eigenvalue weighted by Crippen LogP contribution is -2.12. The maximum atomic E-state index is 12.4. The largest absolute Gasteiger partial charge is 0.334 e. The van der Waals surface area contributed by atoms with Gasteiger partial charge in [0.25, 0.3) is 11.8 Å². The zero-order valence-corrected chi connectivity index (χ0v) is 15.7. The molecule has 0 aliphatic rings. The highest BCUT2D eigenvalue weighted by molar-refractivity contribution is 9.10. The predicted molar refractivity (Wildman–Crippen MR) is 100 cm³/mol. The zero-order chi connectivity index (χ0) is 18.8. The van der Waals surface area contributed by atoms with Gasteiger partial charge in [-0.1, -0.05) is 32.7 Å². The molecule has 0 atom stereocenters. The van der Waals surface area contributed by atoms with Crippen LogP contribution in [-0.2, 0) is 0 Å². The fourth-order valence-electron chi connectivity index (χ4n) is 2.23. The Hall–Kier alpha value is -3.04. The Kier molecular flexibility index (Phi) is 4.69. The first kappa shape index (κ1) is 17.4. The maximum absolute atomic E-state index is 12.4. The topological polar surface area (TPSA) is 107 Å². The number of rotatable bonds is 4. The van der Waals surface area contributed by atoms with Crippen LogP contribution in [0.5, 0.6) is 0 Å². The molecule has 0 bridgehead atoms. The molecule has 0 unspecified atom stereocenters. The van der Waals surface area contributed by atoms with E-state index in [-0.39, 0.29) is 29.1 Å². The van der Waals surface area contributed by atoms with Gasteiger partial charge in [-0.3, -0.25) is 4.79 Å². The zero-order valence-electron chi connectivity index (χ0n) is 13.4. The quantitative estimate of drug-likeness (QED) is 0.493. The van der Waals surface area contributed by atoms with Crippen molar-refractivity contribution in [3.8, 4) is 23.0 Å². The summed E-state index contributed by atoms with van der Waals surface area (Å²) < 4.78 is 10.8. The van der Waals surface area contributed by atoms with E-state index in [4.69, 9.17) is 20.8 Å². The van der Waals surface area contributed by atoms with Gasteiger partial charge in [0.05, 0.1) is 0 Å². The smallest absolute Gasteiger partial charge is 0.258 e. The lowest BCUT2D eigenvalue weighted by Gasteiger charge is -2.01. The molecule has 0 saturated heterocycles. The lowest BCUT2D eigenvalue weighted by molar-refractivity contribution is 0.102. The molecule has 27 heavy (non-hydrogen) atoms. The van der Waals surface area contributed by atoms with E-state index in [0.717, 1.165) is 4.47 Å². The summed E-state index contributed by atoms with van der Waals surface area (Å²) in [5, 5.41) is 14.5. The van der Waals surface area contributed by atoms with E-state index in [1.165, 1.54) is 0 Å². The second kappa shape index (κ2) is 7.29. The van der Waals surface area contributed by atoms with Gasteiger partial charge in [-0.2, -0.15) is 4.98 Å². The molecule has 2 aromatic heterocycles. The van der Waals surface area contributed by atoms with E-state index in [1.54, 1.807) is 48.5 Å². The molecule has 10 heteroatoms. The van der Waals surface area contributed by atoms with E-state index in [0.29, 0.717) is 16.1 Å². The second-order valence-electron chi connectivity index (χ2n) is 5.35. The summed E-state index contributed by atoms with van der Waals surface area (Å²) in [6.07, 6.45) is 0. The molecular formula is C17H9BrClN5O3. The Morgan fingerprint density at radius 3 is 2.48 bits per heavy atom. The van der Waals surface area contributed by atoms with E-state index in [9.17, 15) is 4.79 Å². The van der Waals surface area contributed by atoms with Crippen molar-refractivity contribution < 1.29 is 13.9 Å². The van der Waals surface area contributed by atoms with Crippen molar-refractivity contribution in [3.63, 3.8) is 0 Å². The highest BCUT2D eigenvalue weighted by atomic mass is 79.9. The third kappa shape index (κ3) is 3.74. The Balaban J connectivity index is 1.58. The molecule has 8 nitrogen and oxygen atoms in total. The van der Waals surface area contributed by atoms with Crippen LogP contribution < -0.4 is 5.32 Å². The normalized spacial score (nSPS) is 10.7. The number of nitrogens with one attached hydrogen (secondary N) is 1. The van der Waals surface area contributed by atoms with Gasteiger partial charge in [-0.15, -0.1) is 0 Å². The number of halogens is 2. The number of hydrogen-bond donors (Lipinski definition) is 1. The highest BCUT2D eigenvalue weighted by Crippen LogP contribution is 2.26. The standard InChI is InChI=1S/C17H9BrClN5O3/c18-11-5-1-9(2-6-11)16(25)20-14-13(22-27-24-14)15-21-17(26-23-15)10-3-7-12(19)8-4-10/h1-8H,(H,20,24,25). The van der Waals surface area contributed by atoms with Crippen LogP contribution in [0.25, 0.3) is 23.0 Å². The number of benzene rings is 2. The van der Waals surface area contributed by atoms with Crippen LogP contribution in [0.2, 0.25) is 5.02 Å². The summed E-state index contributed by atoms with van der Waals surface area (Å²) in [4.78, 5) is 16.6. The van der Waals surface area contributed by atoms with Gasteiger partial charge in [-0.05, 0) is 58.8 Å². The minimum absolute atomic E-state index is 0.0892. The fourth-order valence-corrected chi connectivity index (χ4v) is 2.62. The molecule has 1 amide bonds. The third-order valence-corrected chi connectivity index (χ3v) is 4.34. The van der Waals surface area contributed by atoms with Crippen LogP contribution in [-0.4, -0.2) is 26.4 Å². The predicted octanol–water partition coefficient (Wildman–Crippen LogP) is 4.45. The third-order valence-electron chi connectivity index (χ3n) is 3.56. The Labute approximate surface area is 165 Å². The molecule has 4 aromatic rings. The Bertz CT molecular complexity index is 1090. The van der Waals surface area contributed by atoms with E-state index >= 15 is 0 Å². The molecule has 0 radical (unpaired) electrons. The van der Waals surface area contributed by atoms with Crippen LogP contribution in [0.3, 0.4) is 0 Å². The van der Waals surface area contributed by atoms with Crippen molar-refractivity contribution in [2.75, 3.05) is 5.32 Å². The van der Waals surface area contributed by atoms with Crippen LogP contribution >= 0.6 is 27.5 Å². The summed E-state index contributed by atoms with van der Waals surface area (Å²) in [7, 11) is 0. The number of aromatic nitrogens is 4. The molecule has 2 heterocycles. The fraction of sp³-hybridized carbons (Fsp3) is 0. The minimum Gasteiger partial charge on any atom is -0.334 e. The van der Waals surface area contributed by atoms with Crippen molar-refractivity contribution in [3.05, 3.63) is 63.6 Å². The summed E-state index contributed by atoms with van der Waals surface area (Å²) in [6, 6.07) is 13.8. The number of amides is 1. The van der Waals surface area contributed by atoms with Crippen LogP contribution in [0, 0.1) is 0 Å². The number of carbonyl (C=O) groups excluding carboxylic acids is 1. The average Bonchev–Trinajstić information content (AvgIpc) is 3.32. The van der Waals surface area contributed by atoms with Gasteiger partial charge in [0, 0.05) is 20.6 Å². The van der Waals surface area contributed by atoms with Crippen molar-refractivity contribution in [1.29, 1.82) is 0 Å². The maximum Gasteiger partial charge on any atom is 0.258 e. The number of nitrogens with zero attached hydrogens (tertiary/aromatic N) is 4. The first-order valence-electron chi connectivity index (χ1n) is 7.59.